The summed E-state index contributed by atoms with van der Waals surface area (Å²) in [6.07, 6.45) is 1.84. The van der Waals surface area contributed by atoms with Gasteiger partial charge in [0.25, 0.3) is 0 Å². The normalized spacial score (nSPS) is 10.9. The molecule has 0 bridgehead atoms. The lowest BCUT2D eigenvalue weighted by Crippen LogP contribution is -1.95. The third-order valence-corrected chi connectivity index (χ3v) is 3.97. The molecule has 0 unspecified atom stereocenters. The van der Waals surface area contributed by atoms with E-state index in [1.165, 1.54) is 29.2 Å². The molecule has 0 saturated carbocycles. The van der Waals surface area contributed by atoms with Crippen LogP contribution in [-0.4, -0.2) is 16.2 Å². The summed E-state index contributed by atoms with van der Waals surface area (Å²) >= 11 is 2.77. The lowest BCUT2D eigenvalue weighted by molar-refractivity contribution is 0.424. The summed E-state index contributed by atoms with van der Waals surface area (Å²) in [7, 11) is 0. The van der Waals surface area contributed by atoms with Crippen LogP contribution in [-0.2, 0) is 0 Å². The van der Waals surface area contributed by atoms with E-state index in [0.29, 0.717) is 5.16 Å². The van der Waals surface area contributed by atoms with Crippen LogP contribution in [0.5, 0.6) is 11.6 Å². The molecule has 0 aliphatic carbocycles. The Morgan fingerprint density at radius 2 is 2.05 bits per heavy atom. The monoisotopic (exact) mass is 310 g/mol. The van der Waals surface area contributed by atoms with Crippen molar-refractivity contribution < 1.29 is 13.5 Å². The number of benzene rings is 1. The number of fused-ring (bicyclic) bond motifs is 1. The first kappa shape index (κ1) is 13.3. The third kappa shape index (κ3) is 2.46. The summed E-state index contributed by atoms with van der Waals surface area (Å²) in [6.45, 7) is 0. The highest BCUT2D eigenvalue weighted by molar-refractivity contribution is 7.98. The van der Waals surface area contributed by atoms with Crippen molar-refractivity contribution >= 4 is 33.3 Å². The van der Waals surface area contributed by atoms with Gasteiger partial charge in [-0.25, -0.2) is 13.8 Å². The van der Waals surface area contributed by atoms with E-state index >= 15 is 0 Å². The minimum atomic E-state index is -0.765. The van der Waals surface area contributed by atoms with Crippen LogP contribution < -0.4 is 4.74 Å². The van der Waals surface area contributed by atoms with E-state index in [1.54, 1.807) is 0 Å². The summed E-state index contributed by atoms with van der Waals surface area (Å²) < 4.78 is 32.7. The van der Waals surface area contributed by atoms with Crippen LogP contribution in [0.1, 0.15) is 0 Å². The number of aromatic nitrogens is 2. The van der Waals surface area contributed by atoms with Gasteiger partial charge >= 0.3 is 0 Å². The average Bonchev–Trinajstić information content (AvgIpc) is 2.90. The van der Waals surface area contributed by atoms with E-state index in [9.17, 15) is 8.78 Å². The first-order valence-electron chi connectivity index (χ1n) is 5.59. The number of thioether (sulfide) groups is 1. The molecule has 1 aromatic carbocycles. The van der Waals surface area contributed by atoms with Gasteiger partial charge in [0, 0.05) is 6.07 Å². The van der Waals surface area contributed by atoms with Crippen LogP contribution in [0.3, 0.4) is 0 Å². The maximum absolute atomic E-state index is 13.6. The fraction of sp³-hybridized carbons (Fsp3) is 0.0769. The largest absolute Gasteiger partial charge is 0.434 e. The van der Waals surface area contributed by atoms with Crippen molar-refractivity contribution in [1.82, 2.24) is 9.97 Å². The SMILES string of the molecule is CSc1nc(Oc2ccc(F)cc2F)c2sccc2n1. The lowest BCUT2D eigenvalue weighted by Gasteiger charge is -2.07. The van der Waals surface area contributed by atoms with E-state index in [0.717, 1.165) is 22.3 Å². The molecule has 3 nitrogen and oxygen atoms in total. The zero-order valence-corrected chi connectivity index (χ0v) is 11.9. The average molecular weight is 310 g/mol. The second-order valence-corrected chi connectivity index (χ2v) is 5.52. The zero-order valence-electron chi connectivity index (χ0n) is 10.3. The molecule has 0 aliphatic heterocycles. The first-order valence-corrected chi connectivity index (χ1v) is 7.70. The van der Waals surface area contributed by atoms with Gasteiger partial charge in [-0.3, -0.25) is 0 Å². The highest BCUT2D eigenvalue weighted by atomic mass is 32.2. The summed E-state index contributed by atoms with van der Waals surface area (Å²) in [5.41, 5.74) is 0.742. The van der Waals surface area contributed by atoms with Crippen LogP contribution >= 0.6 is 23.1 Å². The van der Waals surface area contributed by atoms with Crippen molar-refractivity contribution in [2.24, 2.45) is 0 Å². The maximum Gasteiger partial charge on any atom is 0.241 e. The molecule has 3 aromatic rings. The minimum absolute atomic E-state index is 0.0631. The highest BCUT2D eigenvalue weighted by Crippen LogP contribution is 2.33. The quantitative estimate of drug-likeness (QED) is 0.527. The van der Waals surface area contributed by atoms with Crippen molar-refractivity contribution in [2.45, 2.75) is 5.16 Å². The van der Waals surface area contributed by atoms with Crippen LogP contribution in [0.15, 0.2) is 34.8 Å². The van der Waals surface area contributed by atoms with E-state index in [4.69, 9.17) is 4.74 Å². The smallest absolute Gasteiger partial charge is 0.241 e. The van der Waals surface area contributed by atoms with Crippen LogP contribution in [0.2, 0.25) is 0 Å². The Kier molecular flexibility index (Phi) is 3.54. The lowest BCUT2D eigenvalue weighted by atomic mass is 10.3. The molecule has 0 N–H and O–H groups in total. The van der Waals surface area contributed by atoms with Crippen molar-refractivity contribution in [2.75, 3.05) is 6.26 Å². The van der Waals surface area contributed by atoms with Gasteiger partial charge < -0.3 is 4.74 Å². The molecule has 0 saturated heterocycles. The molecule has 0 spiro atoms. The molecule has 0 aliphatic rings. The topological polar surface area (TPSA) is 35.0 Å². The Hall–Kier alpha value is -1.73. The molecular formula is C13H8F2N2OS2. The van der Waals surface area contributed by atoms with Crippen LogP contribution in [0.4, 0.5) is 8.78 Å². The highest BCUT2D eigenvalue weighted by Gasteiger charge is 2.13. The summed E-state index contributed by atoms with van der Waals surface area (Å²) in [5.74, 6) is -1.20. The van der Waals surface area contributed by atoms with Gasteiger partial charge in [0.05, 0.1) is 5.52 Å². The Morgan fingerprint density at radius 3 is 2.80 bits per heavy atom. The Bertz CT molecular complexity index is 776. The second kappa shape index (κ2) is 5.34. The Balaban J connectivity index is 2.07. The summed E-state index contributed by atoms with van der Waals surface area (Å²) in [6, 6.07) is 5.00. The summed E-state index contributed by atoms with van der Waals surface area (Å²) in [4.78, 5) is 8.55. The zero-order chi connectivity index (χ0) is 14.1. The standard InChI is InChI=1S/C13H8F2N2OS2/c1-19-13-16-9-4-5-20-11(9)12(17-13)18-10-3-2-7(14)6-8(10)15/h2-6H,1H3. The predicted octanol–water partition coefficient (Wildman–Crippen LogP) is 4.48. The number of hydrogen-bond acceptors (Lipinski definition) is 5. The van der Waals surface area contributed by atoms with Gasteiger partial charge in [-0.1, -0.05) is 11.8 Å². The first-order chi connectivity index (χ1) is 9.67. The second-order valence-electron chi connectivity index (χ2n) is 3.83. The molecular weight excluding hydrogens is 302 g/mol. The molecule has 0 amide bonds. The maximum atomic E-state index is 13.6. The summed E-state index contributed by atoms with van der Waals surface area (Å²) in [5, 5.41) is 2.39. The van der Waals surface area contributed by atoms with Gasteiger partial charge in [0.1, 0.15) is 10.5 Å². The van der Waals surface area contributed by atoms with Gasteiger partial charge in [0.15, 0.2) is 16.7 Å². The number of ether oxygens (including phenoxy) is 1. The van der Waals surface area contributed by atoms with Crippen molar-refractivity contribution in [1.29, 1.82) is 0 Å². The fourth-order valence-electron chi connectivity index (χ4n) is 1.64. The van der Waals surface area contributed by atoms with Gasteiger partial charge in [-0.2, -0.15) is 4.98 Å². The van der Waals surface area contributed by atoms with Gasteiger partial charge in [-0.05, 0) is 29.8 Å². The Morgan fingerprint density at radius 1 is 1.20 bits per heavy atom. The molecule has 0 radical (unpaired) electrons. The molecule has 2 heterocycles. The number of hydrogen-bond donors (Lipinski definition) is 0. The molecule has 3 rings (SSSR count). The van der Waals surface area contributed by atoms with E-state index in [2.05, 4.69) is 9.97 Å². The predicted molar refractivity (Wildman–Crippen MR) is 75.6 cm³/mol. The van der Waals surface area contributed by atoms with Crippen LogP contribution in [0, 0.1) is 11.6 Å². The third-order valence-electron chi connectivity index (χ3n) is 2.54. The molecule has 0 atom stereocenters. The van der Waals surface area contributed by atoms with E-state index < -0.39 is 11.6 Å². The minimum Gasteiger partial charge on any atom is -0.434 e. The van der Waals surface area contributed by atoms with E-state index in [-0.39, 0.29) is 11.6 Å². The molecule has 20 heavy (non-hydrogen) atoms. The number of nitrogens with zero attached hydrogens (tertiary/aromatic N) is 2. The number of thiophene rings is 1. The van der Waals surface area contributed by atoms with Crippen molar-refractivity contribution in [3.8, 4) is 11.6 Å². The van der Waals surface area contributed by atoms with Crippen LogP contribution in [0.25, 0.3) is 10.2 Å². The van der Waals surface area contributed by atoms with E-state index in [1.807, 2.05) is 17.7 Å². The number of rotatable bonds is 3. The number of halogens is 2. The Labute approximate surface area is 121 Å². The fourth-order valence-corrected chi connectivity index (χ4v) is 2.76. The van der Waals surface area contributed by atoms with Crippen molar-refractivity contribution in [3.63, 3.8) is 0 Å². The van der Waals surface area contributed by atoms with Gasteiger partial charge in [-0.15, -0.1) is 11.3 Å². The van der Waals surface area contributed by atoms with Crippen molar-refractivity contribution in [3.05, 3.63) is 41.3 Å². The van der Waals surface area contributed by atoms with Gasteiger partial charge in [0.2, 0.25) is 5.88 Å². The molecule has 102 valence electrons. The molecule has 2 aromatic heterocycles. The molecule has 7 heteroatoms. The molecule has 0 fully saturated rings.